The summed E-state index contributed by atoms with van der Waals surface area (Å²) in [4.78, 5) is 12.0. The van der Waals surface area contributed by atoms with E-state index in [1.54, 1.807) is 0 Å². The minimum absolute atomic E-state index is 0.0839. The van der Waals surface area contributed by atoms with Crippen LogP contribution in [0.15, 0.2) is 42.5 Å². The van der Waals surface area contributed by atoms with E-state index in [2.05, 4.69) is 63.2 Å². The first-order valence-electron chi connectivity index (χ1n) is 10.2. The van der Waals surface area contributed by atoms with E-state index in [0.29, 0.717) is 5.75 Å². The number of hydrogen-bond acceptors (Lipinski definition) is 3. The summed E-state index contributed by atoms with van der Waals surface area (Å²) in [5.74, 6) is 7.33. The predicted molar refractivity (Wildman–Crippen MR) is 120 cm³/mol. The zero-order chi connectivity index (χ0) is 21.8. The van der Waals surface area contributed by atoms with Crippen molar-refractivity contribution in [1.82, 2.24) is 5.32 Å². The van der Waals surface area contributed by atoms with Gasteiger partial charge < -0.3 is 20.1 Å². The Hall–Kier alpha value is -3.13. The van der Waals surface area contributed by atoms with Crippen LogP contribution in [-0.2, 0) is 11.8 Å². The maximum Gasteiger partial charge on any atom is 0.319 e. The van der Waals surface area contributed by atoms with E-state index in [9.17, 15) is 4.79 Å². The Morgan fingerprint density at radius 1 is 1.13 bits per heavy atom. The van der Waals surface area contributed by atoms with Gasteiger partial charge in [-0.25, -0.2) is 4.79 Å². The van der Waals surface area contributed by atoms with Crippen molar-refractivity contribution >= 4 is 11.7 Å². The fourth-order valence-electron chi connectivity index (χ4n) is 3.28. The van der Waals surface area contributed by atoms with Gasteiger partial charge in [0.05, 0.1) is 6.54 Å². The molecular weight excluding hydrogens is 376 g/mol. The SMILES string of the molecule is CC1(C)Cc2cccc(OCC#CCNC(=O)Nc3ccc(C(C)(C)C)cc3)c2O1. The maximum absolute atomic E-state index is 12.0. The average Bonchev–Trinajstić information content (AvgIpc) is 2.99. The van der Waals surface area contributed by atoms with Crippen LogP contribution in [0.4, 0.5) is 10.5 Å². The third kappa shape index (κ3) is 5.70. The highest BCUT2D eigenvalue weighted by Crippen LogP contribution is 2.41. The maximum atomic E-state index is 12.0. The molecule has 2 aromatic rings. The molecule has 0 fully saturated rings. The lowest BCUT2D eigenvalue weighted by atomic mass is 9.87. The number of hydrogen-bond donors (Lipinski definition) is 2. The van der Waals surface area contributed by atoms with Gasteiger partial charge in [0, 0.05) is 17.7 Å². The Bertz CT molecular complexity index is 961. The molecule has 158 valence electrons. The number of anilines is 1. The van der Waals surface area contributed by atoms with Gasteiger partial charge in [0.15, 0.2) is 11.5 Å². The smallest absolute Gasteiger partial charge is 0.319 e. The van der Waals surface area contributed by atoms with Gasteiger partial charge in [0.25, 0.3) is 0 Å². The van der Waals surface area contributed by atoms with Gasteiger partial charge >= 0.3 is 6.03 Å². The molecule has 30 heavy (non-hydrogen) atoms. The Morgan fingerprint density at radius 3 is 2.57 bits per heavy atom. The normalized spacial score (nSPS) is 14.0. The highest BCUT2D eigenvalue weighted by molar-refractivity contribution is 5.89. The van der Waals surface area contributed by atoms with E-state index in [1.807, 2.05) is 36.4 Å². The second kappa shape index (κ2) is 8.71. The van der Waals surface area contributed by atoms with Gasteiger partial charge in [-0.1, -0.05) is 56.9 Å². The standard InChI is InChI=1S/C25H30N2O3/c1-24(2,3)19-11-13-20(14-12-19)27-23(28)26-15-6-7-16-29-21-10-8-9-18-17-25(4,5)30-22(18)21/h8-14H,15-17H2,1-5H3,(H2,26,27,28). The molecule has 0 saturated heterocycles. The van der Waals surface area contributed by atoms with E-state index in [4.69, 9.17) is 9.47 Å². The van der Waals surface area contributed by atoms with Crippen LogP contribution < -0.4 is 20.1 Å². The highest BCUT2D eigenvalue weighted by Gasteiger charge is 2.32. The van der Waals surface area contributed by atoms with Crippen LogP contribution in [0.5, 0.6) is 11.5 Å². The Kier molecular flexibility index (Phi) is 6.26. The van der Waals surface area contributed by atoms with Crippen molar-refractivity contribution in [3.05, 3.63) is 53.6 Å². The van der Waals surface area contributed by atoms with Crippen LogP contribution in [0.3, 0.4) is 0 Å². The summed E-state index contributed by atoms with van der Waals surface area (Å²) in [6.07, 6.45) is 0.864. The van der Waals surface area contributed by atoms with Crippen LogP contribution in [0, 0.1) is 11.8 Å². The molecule has 0 aliphatic carbocycles. The number of carbonyl (C=O) groups excluding carboxylic acids is 1. The lowest BCUT2D eigenvalue weighted by Crippen LogP contribution is -2.29. The number of fused-ring (bicyclic) bond motifs is 1. The molecule has 2 amide bonds. The zero-order valence-corrected chi connectivity index (χ0v) is 18.4. The molecule has 0 atom stereocenters. The average molecular weight is 407 g/mol. The van der Waals surface area contributed by atoms with Crippen molar-refractivity contribution in [1.29, 1.82) is 0 Å². The van der Waals surface area contributed by atoms with Crippen molar-refractivity contribution in [3.63, 3.8) is 0 Å². The molecule has 0 saturated carbocycles. The molecule has 1 aliphatic heterocycles. The van der Waals surface area contributed by atoms with Gasteiger partial charge in [-0.3, -0.25) is 0 Å². The number of urea groups is 1. The third-order valence-corrected chi connectivity index (χ3v) is 4.83. The van der Waals surface area contributed by atoms with Gasteiger partial charge in [-0.05, 0) is 43.0 Å². The molecule has 1 heterocycles. The first kappa shape index (κ1) is 21.6. The molecule has 0 unspecified atom stereocenters. The number of ether oxygens (including phenoxy) is 2. The molecule has 0 bridgehead atoms. The fourth-order valence-corrected chi connectivity index (χ4v) is 3.28. The van der Waals surface area contributed by atoms with Gasteiger partial charge in [-0.2, -0.15) is 0 Å². The third-order valence-electron chi connectivity index (χ3n) is 4.83. The minimum atomic E-state index is -0.287. The number of nitrogens with one attached hydrogen (secondary N) is 2. The Morgan fingerprint density at radius 2 is 1.87 bits per heavy atom. The molecule has 3 rings (SSSR count). The van der Waals surface area contributed by atoms with Crippen LogP contribution in [0.1, 0.15) is 45.7 Å². The zero-order valence-electron chi connectivity index (χ0n) is 18.4. The summed E-state index contributed by atoms with van der Waals surface area (Å²) in [6.45, 7) is 11.1. The van der Waals surface area contributed by atoms with Crippen LogP contribution in [0.25, 0.3) is 0 Å². The van der Waals surface area contributed by atoms with E-state index in [1.165, 1.54) is 5.56 Å². The predicted octanol–water partition coefficient (Wildman–Crippen LogP) is 4.90. The van der Waals surface area contributed by atoms with E-state index in [0.717, 1.165) is 23.4 Å². The first-order valence-corrected chi connectivity index (χ1v) is 10.2. The van der Waals surface area contributed by atoms with Crippen LogP contribution >= 0.6 is 0 Å². The fraction of sp³-hybridized carbons (Fsp3) is 0.400. The number of amides is 2. The summed E-state index contributed by atoms with van der Waals surface area (Å²) < 4.78 is 11.7. The summed E-state index contributed by atoms with van der Waals surface area (Å²) in [7, 11) is 0. The van der Waals surface area contributed by atoms with Crippen molar-refractivity contribution in [2.75, 3.05) is 18.5 Å². The van der Waals surface area contributed by atoms with Gasteiger partial charge in [0.1, 0.15) is 12.2 Å². The van der Waals surface area contributed by atoms with E-state index in [-0.39, 0.29) is 30.2 Å². The molecule has 0 spiro atoms. The summed E-state index contributed by atoms with van der Waals surface area (Å²) >= 11 is 0. The minimum Gasteiger partial charge on any atom is -0.483 e. The second-order valence-corrected chi connectivity index (χ2v) is 9.06. The van der Waals surface area contributed by atoms with E-state index < -0.39 is 0 Å². The molecule has 0 radical (unpaired) electrons. The lowest BCUT2D eigenvalue weighted by Gasteiger charge is -2.19. The number of para-hydroxylation sites is 1. The largest absolute Gasteiger partial charge is 0.483 e. The molecule has 5 heteroatoms. The van der Waals surface area contributed by atoms with Crippen molar-refractivity contribution in [3.8, 4) is 23.3 Å². The monoisotopic (exact) mass is 406 g/mol. The van der Waals surface area contributed by atoms with Crippen LogP contribution in [-0.4, -0.2) is 24.8 Å². The topological polar surface area (TPSA) is 59.6 Å². The molecule has 1 aliphatic rings. The highest BCUT2D eigenvalue weighted by atomic mass is 16.5. The number of carbonyl (C=O) groups is 1. The summed E-state index contributed by atoms with van der Waals surface area (Å²) in [6, 6.07) is 13.5. The number of benzene rings is 2. The van der Waals surface area contributed by atoms with Crippen molar-refractivity contribution in [2.24, 2.45) is 0 Å². The molecule has 2 N–H and O–H groups in total. The van der Waals surface area contributed by atoms with Gasteiger partial charge in [0.2, 0.25) is 0 Å². The number of rotatable bonds is 4. The van der Waals surface area contributed by atoms with E-state index >= 15 is 0 Å². The quantitative estimate of drug-likeness (QED) is 0.710. The van der Waals surface area contributed by atoms with Crippen LogP contribution in [0.2, 0.25) is 0 Å². The summed E-state index contributed by atoms with van der Waals surface area (Å²) in [5, 5.41) is 5.53. The molecule has 2 aromatic carbocycles. The second-order valence-electron chi connectivity index (χ2n) is 9.06. The molecule has 0 aromatic heterocycles. The Labute approximate surface area is 179 Å². The molecular formula is C25H30N2O3. The lowest BCUT2D eigenvalue weighted by molar-refractivity contribution is 0.133. The first-order chi connectivity index (χ1) is 14.1. The summed E-state index contributed by atoms with van der Waals surface area (Å²) in [5.41, 5.74) is 2.99. The van der Waals surface area contributed by atoms with Crippen molar-refractivity contribution < 1.29 is 14.3 Å². The molecule has 5 nitrogen and oxygen atoms in total. The van der Waals surface area contributed by atoms with Gasteiger partial charge in [-0.15, -0.1) is 0 Å². The Balaban J connectivity index is 1.42. The van der Waals surface area contributed by atoms with Crippen molar-refractivity contribution in [2.45, 2.75) is 52.1 Å².